The molecular weight excluding hydrogens is 206 g/mol. The summed E-state index contributed by atoms with van der Waals surface area (Å²) in [5.41, 5.74) is 0. The monoisotopic (exact) mass is 221 g/mol. The van der Waals surface area contributed by atoms with Crippen molar-refractivity contribution >= 4 is 17.7 Å². The molecule has 0 aromatic carbocycles. The van der Waals surface area contributed by atoms with Crippen molar-refractivity contribution in [2.75, 3.05) is 13.1 Å². The molecule has 1 fully saturated rings. The van der Waals surface area contributed by atoms with Gasteiger partial charge in [0.15, 0.2) is 0 Å². The summed E-state index contributed by atoms with van der Waals surface area (Å²) >= 11 is 5.59. The topological polar surface area (TPSA) is 49.8 Å². The van der Waals surface area contributed by atoms with Crippen molar-refractivity contribution in [2.24, 2.45) is 0 Å². The summed E-state index contributed by atoms with van der Waals surface area (Å²) in [7, 11) is 1.67. The summed E-state index contributed by atoms with van der Waals surface area (Å²) in [5, 5.41) is 8.89. The molecule has 0 radical (unpaired) electrons. The molecule has 1 rings (SSSR count). The first kappa shape index (κ1) is 11.6. The summed E-state index contributed by atoms with van der Waals surface area (Å²) in [5.74, 6) is 0. The third-order valence-corrected chi connectivity index (χ3v) is 3.00. The number of nitrogens with zero attached hydrogens (tertiary/aromatic N) is 1. The van der Waals surface area contributed by atoms with Gasteiger partial charge < -0.3 is 9.84 Å². The third kappa shape index (κ3) is 2.75. The van der Waals surface area contributed by atoms with Crippen LogP contribution in [0, 0.1) is 0 Å². The minimum absolute atomic E-state index is 0.0173. The van der Waals surface area contributed by atoms with E-state index in [9.17, 15) is 4.79 Å². The maximum absolute atomic E-state index is 10.8. The number of hydrogen-bond donors (Lipinski definition) is 1. The number of alkyl halides is 1. The van der Waals surface area contributed by atoms with E-state index in [1.165, 1.54) is 4.90 Å². The summed E-state index contributed by atoms with van der Waals surface area (Å²) < 4.78 is 5.23. The Labute approximate surface area is 88.8 Å². The Hall–Kier alpha value is -0.480. The number of hydrogen-bond acceptors (Lipinski definition) is 2. The maximum Gasteiger partial charge on any atom is 0.408 e. The normalized spacial score (nSPS) is 27.3. The van der Waals surface area contributed by atoms with E-state index in [1.807, 2.05) is 0 Å². The summed E-state index contributed by atoms with van der Waals surface area (Å²) in [6.45, 7) is 0. The van der Waals surface area contributed by atoms with Crippen LogP contribution in [0.2, 0.25) is 0 Å². The maximum atomic E-state index is 10.8. The van der Waals surface area contributed by atoms with Crippen LogP contribution in [0.1, 0.15) is 25.7 Å². The van der Waals surface area contributed by atoms with Crippen molar-refractivity contribution in [1.29, 1.82) is 0 Å². The van der Waals surface area contributed by atoms with Gasteiger partial charge in [0.2, 0.25) is 0 Å². The van der Waals surface area contributed by atoms with Gasteiger partial charge in [-0.1, -0.05) is 0 Å². The molecule has 2 unspecified atom stereocenters. The lowest BCUT2D eigenvalue weighted by Crippen LogP contribution is -2.42. The summed E-state index contributed by atoms with van der Waals surface area (Å²) in [6.07, 6.45) is 2.90. The van der Waals surface area contributed by atoms with Gasteiger partial charge in [-0.15, -0.1) is 11.6 Å². The van der Waals surface area contributed by atoms with Gasteiger partial charge in [0, 0.05) is 13.2 Å². The number of halogens is 1. The van der Waals surface area contributed by atoms with E-state index in [4.69, 9.17) is 21.4 Å². The number of carboxylic acid groups (broad SMARTS) is 1. The molecule has 1 aliphatic carbocycles. The van der Waals surface area contributed by atoms with Crippen LogP contribution in [-0.2, 0) is 4.74 Å². The molecule has 0 aliphatic heterocycles. The van der Waals surface area contributed by atoms with E-state index in [-0.39, 0.29) is 18.1 Å². The first-order chi connectivity index (χ1) is 6.69. The second kappa shape index (κ2) is 5.41. The molecule has 0 aromatic heterocycles. The van der Waals surface area contributed by atoms with E-state index in [1.54, 1.807) is 7.11 Å². The lowest BCUT2D eigenvalue weighted by Gasteiger charge is -2.34. The predicted octanol–water partition coefficient (Wildman–Crippen LogP) is 2.12. The molecule has 4 nitrogen and oxygen atoms in total. The number of amides is 1. The highest BCUT2D eigenvalue weighted by molar-refractivity contribution is 6.18. The Morgan fingerprint density at radius 1 is 1.64 bits per heavy atom. The molecule has 1 N–H and O–H groups in total. The Bertz CT molecular complexity index is 200. The zero-order valence-corrected chi connectivity index (χ0v) is 9.04. The van der Waals surface area contributed by atoms with Crippen molar-refractivity contribution in [1.82, 2.24) is 4.90 Å². The van der Waals surface area contributed by atoms with Crippen molar-refractivity contribution in [2.45, 2.75) is 37.8 Å². The molecule has 5 heteroatoms. The van der Waals surface area contributed by atoms with Crippen LogP contribution in [0.25, 0.3) is 0 Å². The van der Waals surface area contributed by atoms with Gasteiger partial charge in [-0.25, -0.2) is 4.79 Å². The molecule has 1 saturated carbocycles. The quantitative estimate of drug-likeness (QED) is 0.587. The van der Waals surface area contributed by atoms with Crippen LogP contribution < -0.4 is 0 Å². The minimum Gasteiger partial charge on any atom is -0.465 e. The van der Waals surface area contributed by atoms with Crippen LogP contribution in [0.4, 0.5) is 4.79 Å². The van der Waals surface area contributed by atoms with Gasteiger partial charge in [-0.2, -0.15) is 0 Å². The van der Waals surface area contributed by atoms with Crippen molar-refractivity contribution < 1.29 is 14.6 Å². The fourth-order valence-electron chi connectivity index (χ4n) is 1.92. The molecule has 0 bridgehead atoms. The fraction of sp³-hybridized carbons (Fsp3) is 0.889. The summed E-state index contributed by atoms with van der Waals surface area (Å²) in [6, 6.07) is 0.0554. The van der Waals surface area contributed by atoms with Crippen molar-refractivity contribution in [3.63, 3.8) is 0 Å². The molecule has 0 aromatic rings. The van der Waals surface area contributed by atoms with Crippen LogP contribution >= 0.6 is 11.6 Å². The third-order valence-electron chi connectivity index (χ3n) is 2.75. The average molecular weight is 222 g/mol. The molecule has 0 heterocycles. The molecule has 1 amide bonds. The fourth-order valence-corrected chi connectivity index (χ4v) is 2.22. The second-order valence-electron chi connectivity index (χ2n) is 3.55. The highest BCUT2D eigenvalue weighted by atomic mass is 35.5. The highest BCUT2D eigenvalue weighted by Gasteiger charge is 2.28. The van der Waals surface area contributed by atoms with E-state index in [0.717, 1.165) is 25.7 Å². The van der Waals surface area contributed by atoms with E-state index >= 15 is 0 Å². The molecule has 1 aliphatic rings. The smallest absolute Gasteiger partial charge is 0.408 e. The SMILES string of the molecule is COC1CCCC(N(CCl)C(=O)O)C1. The average Bonchev–Trinajstić information content (AvgIpc) is 2.19. The molecule has 0 spiro atoms. The van der Waals surface area contributed by atoms with Crippen LogP contribution in [0.3, 0.4) is 0 Å². The molecular formula is C9H16ClNO3. The lowest BCUT2D eigenvalue weighted by molar-refractivity contribution is 0.0341. The molecule has 14 heavy (non-hydrogen) atoms. The Balaban J connectivity index is 2.53. The van der Waals surface area contributed by atoms with E-state index in [0.29, 0.717) is 0 Å². The van der Waals surface area contributed by atoms with Crippen molar-refractivity contribution in [3.8, 4) is 0 Å². The van der Waals surface area contributed by atoms with Gasteiger partial charge in [0.05, 0.1) is 12.1 Å². The van der Waals surface area contributed by atoms with Crippen LogP contribution in [-0.4, -0.2) is 41.4 Å². The molecule has 2 atom stereocenters. The van der Waals surface area contributed by atoms with Crippen LogP contribution in [0.15, 0.2) is 0 Å². The van der Waals surface area contributed by atoms with Gasteiger partial charge in [0.25, 0.3) is 0 Å². The van der Waals surface area contributed by atoms with Crippen LogP contribution in [0.5, 0.6) is 0 Å². The Morgan fingerprint density at radius 3 is 2.86 bits per heavy atom. The van der Waals surface area contributed by atoms with Gasteiger partial charge in [-0.3, -0.25) is 4.90 Å². The number of methoxy groups -OCH3 is 1. The van der Waals surface area contributed by atoms with Gasteiger partial charge in [0.1, 0.15) is 0 Å². The zero-order chi connectivity index (χ0) is 10.6. The predicted molar refractivity (Wildman–Crippen MR) is 53.6 cm³/mol. The number of rotatable bonds is 3. The second-order valence-corrected chi connectivity index (χ2v) is 3.79. The first-order valence-electron chi connectivity index (χ1n) is 4.77. The Morgan fingerprint density at radius 2 is 2.36 bits per heavy atom. The summed E-state index contributed by atoms with van der Waals surface area (Å²) in [4.78, 5) is 12.1. The van der Waals surface area contributed by atoms with Gasteiger partial charge in [-0.05, 0) is 25.7 Å². The largest absolute Gasteiger partial charge is 0.465 e. The number of carbonyl (C=O) groups is 1. The van der Waals surface area contributed by atoms with Gasteiger partial charge >= 0.3 is 6.09 Å². The first-order valence-corrected chi connectivity index (χ1v) is 5.30. The molecule has 0 saturated heterocycles. The van der Waals surface area contributed by atoms with Crippen molar-refractivity contribution in [3.05, 3.63) is 0 Å². The van der Waals surface area contributed by atoms with E-state index in [2.05, 4.69) is 0 Å². The minimum atomic E-state index is -0.943. The van der Waals surface area contributed by atoms with E-state index < -0.39 is 6.09 Å². The zero-order valence-electron chi connectivity index (χ0n) is 8.28. The lowest BCUT2D eigenvalue weighted by atomic mass is 9.92. The highest BCUT2D eigenvalue weighted by Crippen LogP contribution is 2.25. The standard InChI is InChI=1S/C9H16ClNO3/c1-14-8-4-2-3-7(5-8)11(6-10)9(12)13/h7-8H,2-6H2,1H3,(H,12,13). The molecule has 82 valence electrons. The Kier molecular flexibility index (Phi) is 4.48. The number of ether oxygens (including phenoxy) is 1.